The van der Waals surface area contributed by atoms with Gasteiger partial charge in [0, 0.05) is 0 Å². The van der Waals surface area contributed by atoms with E-state index in [-0.39, 0.29) is 0 Å². The normalized spacial score (nSPS) is 11.9. The van der Waals surface area contributed by atoms with Crippen LogP contribution in [-0.2, 0) is 4.57 Å². The highest BCUT2D eigenvalue weighted by Gasteiger charge is 2.21. The topological polar surface area (TPSA) is 37.3 Å². The van der Waals surface area contributed by atoms with Crippen molar-refractivity contribution in [3.8, 4) is 0 Å². The Morgan fingerprint density at radius 1 is 0.550 bits per heavy atom. The predicted molar refractivity (Wildman–Crippen MR) is 42.6 cm³/mol. The van der Waals surface area contributed by atoms with Crippen molar-refractivity contribution < 1.29 is 69.6 Å². The van der Waals surface area contributed by atoms with Crippen LogP contribution in [0.5, 0.6) is 0 Å². The van der Waals surface area contributed by atoms with Crippen LogP contribution in [0.4, 0.5) is 60.2 Å². The molecule has 0 atom stereocenters. The molecule has 1 N–H and O–H groups in total. The molecule has 0 saturated carbocycles. The first-order valence-corrected chi connectivity index (χ1v) is 4.78. The molecule has 0 saturated heterocycles. The van der Waals surface area contributed by atoms with E-state index in [9.17, 15) is 60.2 Å². The van der Waals surface area contributed by atoms with Crippen LogP contribution < -0.4 is 0 Å². The van der Waals surface area contributed by atoms with Crippen molar-refractivity contribution in [2.45, 2.75) is 0 Å². The zero-order chi connectivity index (χ0) is 18.0. The van der Waals surface area contributed by atoms with Crippen molar-refractivity contribution in [3.05, 3.63) is 0 Å². The van der Waals surface area contributed by atoms with E-state index in [1.165, 1.54) is 0 Å². The van der Waals surface area contributed by atoms with Gasteiger partial charge in [0.25, 0.3) is 0 Å². The lowest BCUT2D eigenvalue weighted by atomic mass is 10.3. The predicted octanol–water partition coefficient (Wildman–Crippen LogP) is 4.93. The highest BCUT2D eigenvalue weighted by atomic mass is 31.2. The summed E-state index contributed by atoms with van der Waals surface area (Å²) in [5.41, 5.74) is 0. The zero-order valence-corrected chi connectivity index (χ0v) is 9.22. The van der Waals surface area contributed by atoms with Gasteiger partial charge in [-0.05, 0) is 0 Å². The summed E-state index contributed by atoms with van der Waals surface area (Å²) in [6.45, 7) is 0. The fraction of sp³-hybridized carbons (Fsp3) is 0. The summed E-state index contributed by atoms with van der Waals surface area (Å²) in [5, 5.41) is 0. The van der Waals surface area contributed by atoms with Gasteiger partial charge in [0.1, 0.15) is 0 Å². The summed E-state index contributed by atoms with van der Waals surface area (Å²) in [4.78, 5) is 6.74. The first-order valence-electron chi connectivity index (χ1n) is 3.34. The molecule has 0 amide bonds. The summed E-state index contributed by atoms with van der Waals surface area (Å²) in [6, 6.07) is 0. The van der Waals surface area contributed by atoms with E-state index in [4.69, 9.17) is 9.46 Å². The quantitative estimate of drug-likeness (QED) is 0.377. The molecule has 0 radical (unpaired) electrons. The highest BCUT2D eigenvalue weighted by Crippen LogP contribution is 2.43. The Labute approximate surface area is 101 Å². The molecular formula is HB3F14O2P-3. The van der Waals surface area contributed by atoms with Gasteiger partial charge in [0.2, 0.25) is 0 Å². The van der Waals surface area contributed by atoms with E-state index >= 15 is 0 Å². The van der Waals surface area contributed by atoms with Crippen molar-refractivity contribution in [3.63, 3.8) is 0 Å². The van der Waals surface area contributed by atoms with Crippen LogP contribution in [0.15, 0.2) is 0 Å². The lowest BCUT2D eigenvalue weighted by Gasteiger charge is -1.94. The third-order valence-corrected chi connectivity index (χ3v) is 0. The van der Waals surface area contributed by atoms with E-state index in [2.05, 4.69) is 0 Å². The first kappa shape index (κ1) is 27.7. The minimum Gasteiger partial charge on any atom is -0.418 e. The van der Waals surface area contributed by atoms with Crippen LogP contribution in [0.2, 0.25) is 0 Å². The molecule has 0 unspecified atom stereocenters. The lowest BCUT2D eigenvalue weighted by molar-refractivity contribution is 0.366. The second-order valence-electron chi connectivity index (χ2n) is 1.92. The third-order valence-electron chi connectivity index (χ3n) is 0. The van der Waals surface area contributed by atoms with Crippen molar-refractivity contribution in [2.75, 3.05) is 0 Å². The molecule has 0 aromatic heterocycles. The van der Waals surface area contributed by atoms with Crippen LogP contribution in [0.1, 0.15) is 0 Å². The summed E-state index contributed by atoms with van der Waals surface area (Å²) in [7, 11) is -23.6. The molecule has 0 aromatic carbocycles. The van der Waals surface area contributed by atoms with Gasteiger partial charge >= 0.3 is 29.8 Å². The number of halogens is 14. The minimum absolute atomic E-state index is 5.64. The summed E-state index contributed by atoms with van der Waals surface area (Å²) in [6.07, 6.45) is 0. The Kier molecular flexibility index (Phi) is 14.1. The number of hydrogen-bond acceptors (Lipinski definition) is 1. The number of rotatable bonds is 0. The maximum atomic E-state index is 10.1. The molecule has 0 fully saturated rings. The summed E-state index contributed by atoms with van der Waals surface area (Å²) in [5.74, 6) is 0. The molecule has 0 aliphatic heterocycles. The van der Waals surface area contributed by atoms with Gasteiger partial charge in [0.05, 0.1) is 0 Å². The van der Waals surface area contributed by atoms with Gasteiger partial charge in [-0.25, -0.2) is 4.57 Å². The molecule has 0 aliphatic rings. The fourth-order valence-electron chi connectivity index (χ4n) is 0. The van der Waals surface area contributed by atoms with Crippen LogP contribution in [0.25, 0.3) is 0 Å². The smallest absolute Gasteiger partial charge is 0.418 e. The minimum atomic E-state index is -6.00. The molecule has 0 aromatic rings. The van der Waals surface area contributed by atoms with Crippen molar-refractivity contribution in [1.82, 2.24) is 0 Å². The average molecular weight is 362 g/mol. The van der Waals surface area contributed by atoms with Gasteiger partial charge in [-0.15, -0.1) is 8.39 Å². The zero-order valence-electron chi connectivity index (χ0n) is 8.33. The standard InChI is InChI=1S/3BF4.F2HO2P/c3*2-1(3,4)5;1-5(2,3)4/h;;;(H,3,4)/q3*-1;. The average Bonchev–Trinajstić information content (AvgIpc) is 1.62. The summed E-state index contributed by atoms with van der Waals surface area (Å²) < 4.78 is 146. The Bertz CT molecular complexity index is 200. The van der Waals surface area contributed by atoms with Crippen LogP contribution in [0, 0.1) is 0 Å². The molecule has 0 spiro atoms. The van der Waals surface area contributed by atoms with E-state index in [0.29, 0.717) is 0 Å². The molecule has 20 heteroatoms. The van der Waals surface area contributed by atoms with E-state index in [0.717, 1.165) is 0 Å². The molecule has 0 bridgehead atoms. The van der Waals surface area contributed by atoms with E-state index < -0.39 is 29.8 Å². The molecule has 0 rings (SSSR count). The van der Waals surface area contributed by atoms with Gasteiger partial charge < -0.3 is 51.8 Å². The molecule has 0 aliphatic carbocycles. The van der Waals surface area contributed by atoms with Crippen molar-refractivity contribution >= 4 is 29.8 Å². The number of hydrogen-bond donors (Lipinski definition) is 1. The Balaban J connectivity index is -0.0000000853. The third kappa shape index (κ3) is 13200. The van der Waals surface area contributed by atoms with Gasteiger partial charge in [-0.1, -0.05) is 0 Å². The molecule has 2 nitrogen and oxygen atoms in total. The second kappa shape index (κ2) is 10.2. The molecule has 128 valence electrons. The van der Waals surface area contributed by atoms with E-state index in [1.807, 2.05) is 0 Å². The maximum absolute atomic E-state index is 10.1. The van der Waals surface area contributed by atoms with Crippen LogP contribution >= 0.6 is 7.99 Å². The Hall–Kier alpha value is -0.595. The van der Waals surface area contributed by atoms with Crippen LogP contribution in [-0.4, -0.2) is 26.7 Å². The van der Waals surface area contributed by atoms with Gasteiger partial charge in [-0.2, -0.15) is 0 Å². The van der Waals surface area contributed by atoms with Crippen LogP contribution in [0.3, 0.4) is 0 Å². The molecule has 20 heavy (non-hydrogen) atoms. The monoisotopic (exact) mass is 363 g/mol. The Morgan fingerprint density at radius 2 is 0.550 bits per heavy atom. The molecular weight excluding hydrogens is 361 g/mol. The maximum Gasteiger partial charge on any atom is 0.673 e. The van der Waals surface area contributed by atoms with Gasteiger partial charge in [0.15, 0.2) is 0 Å². The Morgan fingerprint density at radius 3 is 0.550 bits per heavy atom. The van der Waals surface area contributed by atoms with Crippen molar-refractivity contribution in [2.24, 2.45) is 0 Å². The SMILES string of the molecule is F[B-](F)(F)F.F[B-](F)(F)F.F[B-](F)(F)F.O=P(O)(F)F. The van der Waals surface area contributed by atoms with Gasteiger partial charge in [-0.3, -0.25) is 4.89 Å². The van der Waals surface area contributed by atoms with Crippen molar-refractivity contribution in [1.29, 1.82) is 0 Å². The first-order chi connectivity index (χ1) is 8.00. The van der Waals surface area contributed by atoms with E-state index in [1.54, 1.807) is 0 Å². The lowest BCUT2D eigenvalue weighted by Crippen LogP contribution is -2.02. The summed E-state index contributed by atoms with van der Waals surface area (Å²) >= 11 is 0. The largest absolute Gasteiger partial charge is 0.673 e. The fourth-order valence-corrected chi connectivity index (χ4v) is 0. The highest BCUT2D eigenvalue weighted by molar-refractivity contribution is 7.46. The molecule has 0 heterocycles. The second-order valence-corrected chi connectivity index (χ2v) is 2.79.